The van der Waals surface area contributed by atoms with Crippen LogP contribution in [0.2, 0.25) is 5.02 Å². The van der Waals surface area contributed by atoms with E-state index in [0.717, 1.165) is 11.1 Å². The minimum Gasteiger partial charge on any atom is -0.348 e. The van der Waals surface area contributed by atoms with Gasteiger partial charge in [0.05, 0.1) is 19.1 Å². The van der Waals surface area contributed by atoms with Gasteiger partial charge in [0.25, 0.3) is 0 Å². The highest BCUT2D eigenvalue weighted by Crippen LogP contribution is 2.21. The van der Waals surface area contributed by atoms with Crippen molar-refractivity contribution in [1.82, 2.24) is 10.2 Å². The first-order valence-electron chi connectivity index (χ1n) is 9.92. The van der Waals surface area contributed by atoms with Gasteiger partial charge in [-0.2, -0.15) is 0 Å². The van der Waals surface area contributed by atoms with Gasteiger partial charge in [-0.1, -0.05) is 68.8 Å². The summed E-state index contributed by atoms with van der Waals surface area (Å²) in [6, 6.07) is 15.2. The molecule has 2 N–H and O–H groups in total. The lowest BCUT2D eigenvalue weighted by atomic mass is 9.96. The van der Waals surface area contributed by atoms with Gasteiger partial charge in [0.2, 0.25) is 11.8 Å². The van der Waals surface area contributed by atoms with Crippen LogP contribution in [-0.2, 0) is 9.59 Å². The largest absolute Gasteiger partial charge is 0.348 e. The van der Waals surface area contributed by atoms with Gasteiger partial charge in [-0.3, -0.25) is 14.5 Å². The van der Waals surface area contributed by atoms with E-state index in [1.54, 1.807) is 12.1 Å². The average Bonchev–Trinajstić information content (AvgIpc) is 2.68. The van der Waals surface area contributed by atoms with Crippen LogP contribution in [0.15, 0.2) is 48.5 Å². The molecule has 2 aromatic rings. The van der Waals surface area contributed by atoms with Crippen LogP contribution in [0, 0.1) is 12.8 Å². The van der Waals surface area contributed by atoms with Gasteiger partial charge in [-0.15, -0.1) is 0 Å². The van der Waals surface area contributed by atoms with E-state index >= 15 is 0 Å². The van der Waals surface area contributed by atoms with Crippen molar-refractivity contribution in [3.05, 3.63) is 64.7 Å². The monoisotopic (exact) mass is 415 g/mol. The number of benzene rings is 2. The van der Waals surface area contributed by atoms with Crippen molar-refractivity contribution in [2.24, 2.45) is 5.92 Å². The first-order chi connectivity index (χ1) is 13.8. The second-order valence-corrected chi connectivity index (χ2v) is 7.95. The second-order valence-electron chi connectivity index (χ2n) is 7.51. The summed E-state index contributed by atoms with van der Waals surface area (Å²) in [4.78, 5) is 26.9. The first-order valence-corrected chi connectivity index (χ1v) is 10.3. The highest BCUT2D eigenvalue weighted by Gasteiger charge is 2.20. The number of aryl methyl sites for hydroxylation is 1. The molecule has 0 aliphatic rings. The Kier molecular flexibility index (Phi) is 8.68. The number of nitrogens with zero attached hydrogens (tertiary/aromatic N) is 1. The first kappa shape index (κ1) is 22.9. The van der Waals surface area contributed by atoms with Crippen LogP contribution in [0.25, 0.3) is 0 Å². The van der Waals surface area contributed by atoms with Gasteiger partial charge in [0, 0.05) is 10.7 Å². The Morgan fingerprint density at radius 1 is 1.03 bits per heavy atom. The molecule has 0 bridgehead atoms. The lowest BCUT2D eigenvalue weighted by Gasteiger charge is -2.25. The van der Waals surface area contributed by atoms with Crippen molar-refractivity contribution >= 4 is 29.1 Å². The summed E-state index contributed by atoms with van der Waals surface area (Å²) in [5, 5.41) is 6.55. The molecule has 0 aliphatic carbocycles. The minimum absolute atomic E-state index is 0.0645. The number of anilines is 1. The number of nitrogens with one attached hydrogen (secondary N) is 2. The molecule has 0 radical (unpaired) electrons. The molecule has 29 heavy (non-hydrogen) atoms. The van der Waals surface area contributed by atoms with Crippen molar-refractivity contribution in [2.45, 2.75) is 33.7 Å². The van der Waals surface area contributed by atoms with Crippen LogP contribution in [0.5, 0.6) is 0 Å². The summed E-state index contributed by atoms with van der Waals surface area (Å²) in [6.07, 6.45) is 0. The molecule has 0 saturated heterocycles. The maximum atomic E-state index is 12.6. The maximum Gasteiger partial charge on any atom is 0.238 e. The normalized spacial score (nSPS) is 12.1. The Morgan fingerprint density at radius 2 is 1.69 bits per heavy atom. The van der Waals surface area contributed by atoms with E-state index in [0.29, 0.717) is 17.3 Å². The summed E-state index contributed by atoms with van der Waals surface area (Å²) in [5.74, 6) is -0.0137. The summed E-state index contributed by atoms with van der Waals surface area (Å²) >= 11 is 6.01. The number of rotatable bonds is 9. The van der Waals surface area contributed by atoms with Crippen molar-refractivity contribution in [3.8, 4) is 0 Å². The van der Waals surface area contributed by atoms with Gasteiger partial charge >= 0.3 is 0 Å². The topological polar surface area (TPSA) is 61.4 Å². The Bertz CT molecular complexity index is 824. The molecule has 6 heteroatoms. The maximum absolute atomic E-state index is 12.6. The fourth-order valence-electron chi connectivity index (χ4n) is 3.12. The summed E-state index contributed by atoms with van der Waals surface area (Å²) in [5.41, 5.74) is 2.70. The summed E-state index contributed by atoms with van der Waals surface area (Å²) < 4.78 is 0. The minimum atomic E-state index is -0.173. The number of hydrogen-bond donors (Lipinski definition) is 2. The van der Waals surface area contributed by atoms with Gasteiger partial charge in [0.1, 0.15) is 0 Å². The Labute approximate surface area is 178 Å². The third-order valence-corrected chi connectivity index (χ3v) is 5.03. The highest BCUT2D eigenvalue weighted by atomic mass is 35.5. The Hall–Kier alpha value is -2.37. The Morgan fingerprint density at radius 3 is 2.31 bits per heavy atom. The SMILES string of the molecule is CCN(CC(=O)Nc1cc(Cl)ccc1C)CC(=O)NC(c1ccccc1)C(C)C. The molecule has 5 nitrogen and oxygen atoms in total. The van der Waals surface area contributed by atoms with E-state index in [-0.39, 0.29) is 36.9 Å². The molecular weight excluding hydrogens is 386 g/mol. The van der Waals surface area contributed by atoms with E-state index in [2.05, 4.69) is 24.5 Å². The molecule has 0 saturated carbocycles. The molecular formula is C23H30ClN3O2. The summed E-state index contributed by atoms with van der Waals surface area (Å²) in [6.45, 7) is 8.89. The smallest absolute Gasteiger partial charge is 0.238 e. The second kappa shape index (κ2) is 11.0. The number of likely N-dealkylation sites (N-methyl/N-ethyl adjacent to an activating group) is 1. The number of hydrogen-bond acceptors (Lipinski definition) is 3. The van der Waals surface area contributed by atoms with Crippen molar-refractivity contribution in [2.75, 3.05) is 25.0 Å². The van der Waals surface area contributed by atoms with Gasteiger partial charge < -0.3 is 10.6 Å². The van der Waals surface area contributed by atoms with Crippen molar-refractivity contribution < 1.29 is 9.59 Å². The fourth-order valence-corrected chi connectivity index (χ4v) is 3.29. The number of halogens is 1. The third kappa shape index (κ3) is 7.18. The van der Waals surface area contributed by atoms with E-state index in [1.165, 1.54) is 0 Å². The molecule has 0 aromatic heterocycles. The zero-order chi connectivity index (χ0) is 21.4. The average molecular weight is 416 g/mol. The molecule has 0 fully saturated rings. The van der Waals surface area contributed by atoms with Gasteiger partial charge in [-0.05, 0) is 42.6 Å². The van der Waals surface area contributed by atoms with E-state index in [9.17, 15) is 9.59 Å². The van der Waals surface area contributed by atoms with Crippen LogP contribution in [-0.4, -0.2) is 36.3 Å². The summed E-state index contributed by atoms with van der Waals surface area (Å²) in [7, 11) is 0. The van der Waals surface area contributed by atoms with E-state index in [1.807, 2.05) is 55.1 Å². The van der Waals surface area contributed by atoms with Crippen LogP contribution in [0.3, 0.4) is 0 Å². The lowest BCUT2D eigenvalue weighted by molar-refractivity contribution is -0.124. The molecule has 2 rings (SSSR count). The molecule has 0 spiro atoms. The Balaban J connectivity index is 1.95. The molecule has 1 atom stereocenters. The number of amides is 2. The molecule has 2 aromatic carbocycles. The van der Waals surface area contributed by atoms with Gasteiger partial charge in [0.15, 0.2) is 0 Å². The molecule has 156 valence electrons. The van der Waals surface area contributed by atoms with Crippen molar-refractivity contribution in [1.29, 1.82) is 0 Å². The van der Waals surface area contributed by atoms with Crippen molar-refractivity contribution in [3.63, 3.8) is 0 Å². The van der Waals surface area contributed by atoms with E-state index in [4.69, 9.17) is 11.6 Å². The third-order valence-electron chi connectivity index (χ3n) is 4.80. The van der Waals surface area contributed by atoms with Crippen LogP contribution >= 0.6 is 11.6 Å². The highest BCUT2D eigenvalue weighted by molar-refractivity contribution is 6.31. The number of carbonyl (C=O) groups excluding carboxylic acids is 2. The fraction of sp³-hybridized carbons (Fsp3) is 0.391. The molecule has 2 amide bonds. The predicted molar refractivity (Wildman–Crippen MR) is 119 cm³/mol. The number of carbonyl (C=O) groups is 2. The molecule has 1 unspecified atom stereocenters. The van der Waals surface area contributed by atoms with Crippen LogP contribution in [0.4, 0.5) is 5.69 Å². The zero-order valence-corrected chi connectivity index (χ0v) is 18.3. The lowest BCUT2D eigenvalue weighted by Crippen LogP contribution is -2.43. The van der Waals surface area contributed by atoms with Crippen LogP contribution in [0.1, 0.15) is 37.9 Å². The standard InChI is InChI=1S/C23H30ClN3O2/c1-5-27(14-21(28)25-20-13-19(24)12-11-17(20)4)15-22(29)26-23(16(2)3)18-9-7-6-8-10-18/h6-13,16,23H,5,14-15H2,1-4H3,(H,25,28)(H,26,29). The quantitative estimate of drug-likeness (QED) is 0.637. The predicted octanol–water partition coefficient (Wildman–Crippen LogP) is 4.42. The van der Waals surface area contributed by atoms with Gasteiger partial charge in [-0.25, -0.2) is 0 Å². The molecule has 0 heterocycles. The van der Waals surface area contributed by atoms with Crippen LogP contribution < -0.4 is 10.6 Å². The zero-order valence-electron chi connectivity index (χ0n) is 17.5. The molecule has 0 aliphatic heterocycles. The van der Waals surface area contributed by atoms with E-state index < -0.39 is 0 Å².